The molecule has 2 fully saturated rings. The second-order valence-corrected chi connectivity index (χ2v) is 7.88. The standard InChI is InChI=1S/C20H31N5O4/c1-5-29-11-10-24-18(26)20(25(19(24)27)13-15(2)3)6-8-23(9-7-20)16-12-17(28-4)22-14-21-16/h12,14-15H,5-11,13H2,1-4H3. The zero-order valence-electron chi connectivity index (χ0n) is 17.8. The number of aromatic nitrogens is 2. The van der Waals surface area contributed by atoms with E-state index < -0.39 is 5.54 Å². The average Bonchev–Trinajstić information content (AvgIpc) is 2.90. The molecule has 3 heterocycles. The van der Waals surface area contributed by atoms with E-state index >= 15 is 0 Å². The van der Waals surface area contributed by atoms with Gasteiger partial charge in [0.2, 0.25) is 5.88 Å². The number of methoxy groups -OCH3 is 1. The van der Waals surface area contributed by atoms with Crippen molar-refractivity contribution in [2.45, 2.75) is 39.2 Å². The lowest BCUT2D eigenvalue weighted by Crippen LogP contribution is -2.57. The third kappa shape index (κ3) is 4.14. The van der Waals surface area contributed by atoms with E-state index in [1.807, 2.05) is 6.92 Å². The van der Waals surface area contributed by atoms with Crippen molar-refractivity contribution in [2.75, 3.05) is 51.4 Å². The average molecular weight is 405 g/mol. The summed E-state index contributed by atoms with van der Waals surface area (Å²) in [7, 11) is 1.57. The molecule has 0 unspecified atom stereocenters. The monoisotopic (exact) mass is 405 g/mol. The number of hydrogen-bond acceptors (Lipinski definition) is 7. The van der Waals surface area contributed by atoms with Crippen molar-refractivity contribution in [1.29, 1.82) is 0 Å². The van der Waals surface area contributed by atoms with Crippen LogP contribution in [0.4, 0.5) is 10.6 Å². The van der Waals surface area contributed by atoms with Gasteiger partial charge < -0.3 is 19.3 Å². The van der Waals surface area contributed by atoms with E-state index in [1.165, 1.54) is 11.2 Å². The first-order valence-corrected chi connectivity index (χ1v) is 10.2. The second kappa shape index (κ2) is 8.94. The highest BCUT2D eigenvalue weighted by molar-refractivity contribution is 6.07. The summed E-state index contributed by atoms with van der Waals surface area (Å²) in [5.74, 6) is 1.46. The number of hydrogen-bond donors (Lipinski definition) is 0. The number of piperidine rings is 1. The van der Waals surface area contributed by atoms with Crippen LogP contribution in [-0.4, -0.2) is 83.7 Å². The molecule has 0 atom stereocenters. The summed E-state index contributed by atoms with van der Waals surface area (Å²) in [4.78, 5) is 40.1. The molecule has 2 aliphatic heterocycles. The van der Waals surface area contributed by atoms with Gasteiger partial charge in [-0.15, -0.1) is 0 Å². The number of nitrogens with zero attached hydrogens (tertiary/aromatic N) is 5. The molecule has 2 aliphatic rings. The molecule has 2 saturated heterocycles. The van der Waals surface area contributed by atoms with Gasteiger partial charge in [0, 0.05) is 32.3 Å². The van der Waals surface area contributed by atoms with E-state index in [9.17, 15) is 9.59 Å². The summed E-state index contributed by atoms with van der Waals surface area (Å²) in [6, 6.07) is 1.60. The van der Waals surface area contributed by atoms with Gasteiger partial charge >= 0.3 is 6.03 Å². The van der Waals surface area contributed by atoms with Crippen LogP contribution >= 0.6 is 0 Å². The van der Waals surface area contributed by atoms with Crippen LogP contribution in [0.1, 0.15) is 33.6 Å². The highest BCUT2D eigenvalue weighted by Gasteiger charge is 2.57. The highest BCUT2D eigenvalue weighted by Crippen LogP contribution is 2.38. The fourth-order valence-electron chi connectivity index (χ4n) is 4.10. The predicted molar refractivity (Wildman–Crippen MR) is 108 cm³/mol. The van der Waals surface area contributed by atoms with E-state index in [1.54, 1.807) is 18.1 Å². The van der Waals surface area contributed by atoms with E-state index in [2.05, 4.69) is 28.7 Å². The number of rotatable bonds is 8. The van der Waals surface area contributed by atoms with Gasteiger partial charge in [-0.05, 0) is 25.7 Å². The Morgan fingerprint density at radius 1 is 1.21 bits per heavy atom. The Bertz CT molecular complexity index is 733. The van der Waals surface area contributed by atoms with Crippen molar-refractivity contribution in [2.24, 2.45) is 5.92 Å². The number of carbonyl (C=O) groups excluding carboxylic acids is 2. The number of urea groups is 1. The minimum absolute atomic E-state index is 0.0947. The lowest BCUT2D eigenvalue weighted by Gasteiger charge is -2.43. The third-order valence-corrected chi connectivity index (χ3v) is 5.58. The van der Waals surface area contributed by atoms with Gasteiger partial charge in [-0.25, -0.2) is 14.8 Å². The minimum Gasteiger partial charge on any atom is -0.481 e. The lowest BCUT2D eigenvalue weighted by atomic mass is 9.85. The molecular formula is C20H31N5O4. The summed E-state index contributed by atoms with van der Waals surface area (Å²) in [5.41, 5.74) is -0.777. The molecule has 1 aromatic rings. The molecule has 0 aliphatic carbocycles. The van der Waals surface area contributed by atoms with Crippen LogP contribution < -0.4 is 9.64 Å². The Morgan fingerprint density at radius 3 is 2.55 bits per heavy atom. The summed E-state index contributed by atoms with van der Waals surface area (Å²) < 4.78 is 10.6. The SMILES string of the molecule is CCOCCN1C(=O)N(CC(C)C)C2(CCN(c3cc(OC)ncn3)CC2)C1=O. The van der Waals surface area contributed by atoms with E-state index in [0.29, 0.717) is 58.1 Å². The molecule has 0 saturated carbocycles. The van der Waals surface area contributed by atoms with Crippen LogP contribution in [0.5, 0.6) is 5.88 Å². The molecule has 1 aromatic heterocycles. The molecule has 0 radical (unpaired) electrons. The Kier molecular flexibility index (Phi) is 6.56. The van der Waals surface area contributed by atoms with Crippen molar-refractivity contribution >= 4 is 17.8 Å². The van der Waals surface area contributed by atoms with Crippen molar-refractivity contribution in [3.05, 3.63) is 12.4 Å². The summed E-state index contributed by atoms with van der Waals surface area (Å²) in [6.07, 6.45) is 2.62. The van der Waals surface area contributed by atoms with Crippen molar-refractivity contribution < 1.29 is 19.1 Å². The molecule has 29 heavy (non-hydrogen) atoms. The summed E-state index contributed by atoms with van der Waals surface area (Å²) in [6.45, 7) is 9.10. The van der Waals surface area contributed by atoms with Crippen molar-refractivity contribution in [3.8, 4) is 5.88 Å². The lowest BCUT2D eigenvalue weighted by molar-refractivity contribution is -0.134. The summed E-state index contributed by atoms with van der Waals surface area (Å²) in [5, 5.41) is 0. The van der Waals surface area contributed by atoms with Crippen molar-refractivity contribution in [1.82, 2.24) is 19.8 Å². The quantitative estimate of drug-likeness (QED) is 0.481. The number of imide groups is 1. The van der Waals surface area contributed by atoms with Crippen LogP contribution in [-0.2, 0) is 9.53 Å². The third-order valence-electron chi connectivity index (χ3n) is 5.58. The van der Waals surface area contributed by atoms with Crippen molar-refractivity contribution in [3.63, 3.8) is 0 Å². The van der Waals surface area contributed by atoms with Crippen LogP contribution in [0.25, 0.3) is 0 Å². The maximum absolute atomic E-state index is 13.4. The molecule has 9 heteroatoms. The molecule has 3 amide bonds. The minimum atomic E-state index is -0.777. The van der Waals surface area contributed by atoms with Crippen LogP contribution in [0.15, 0.2) is 12.4 Å². The topological polar surface area (TPSA) is 88.1 Å². The number of anilines is 1. The van der Waals surface area contributed by atoms with Crippen LogP contribution in [0.2, 0.25) is 0 Å². The molecule has 0 aromatic carbocycles. The Balaban J connectivity index is 1.78. The molecular weight excluding hydrogens is 374 g/mol. The maximum Gasteiger partial charge on any atom is 0.327 e. The zero-order chi connectivity index (χ0) is 21.0. The molecule has 160 valence electrons. The maximum atomic E-state index is 13.4. The molecule has 1 spiro atoms. The highest BCUT2D eigenvalue weighted by atomic mass is 16.5. The van der Waals surface area contributed by atoms with Gasteiger partial charge in [-0.2, -0.15) is 0 Å². The van der Waals surface area contributed by atoms with Gasteiger partial charge in [-0.1, -0.05) is 13.8 Å². The largest absolute Gasteiger partial charge is 0.481 e. The first-order valence-electron chi connectivity index (χ1n) is 10.2. The fraction of sp³-hybridized carbons (Fsp3) is 0.700. The predicted octanol–water partition coefficient (Wildman–Crippen LogP) is 1.78. The fourth-order valence-corrected chi connectivity index (χ4v) is 4.10. The zero-order valence-corrected chi connectivity index (χ0v) is 17.8. The van der Waals surface area contributed by atoms with Crippen LogP contribution in [0.3, 0.4) is 0 Å². The van der Waals surface area contributed by atoms with Gasteiger partial charge in [-0.3, -0.25) is 9.69 Å². The molecule has 0 bridgehead atoms. The molecule has 3 rings (SSSR count). The molecule has 9 nitrogen and oxygen atoms in total. The first-order chi connectivity index (χ1) is 13.9. The number of ether oxygens (including phenoxy) is 2. The molecule has 0 N–H and O–H groups in total. The van der Waals surface area contributed by atoms with Crippen LogP contribution in [0, 0.1) is 5.92 Å². The normalized spacial score (nSPS) is 19.0. The van der Waals surface area contributed by atoms with Gasteiger partial charge in [0.1, 0.15) is 17.7 Å². The first kappa shape index (κ1) is 21.3. The number of amides is 3. The van der Waals surface area contributed by atoms with E-state index in [0.717, 1.165) is 5.82 Å². The smallest absolute Gasteiger partial charge is 0.327 e. The van der Waals surface area contributed by atoms with Gasteiger partial charge in [0.15, 0.2) is 0 Å². The Hall–Kier alpha value is -2.42. The van der Waals surface area contributed by atoms with E-state index in [4.69, 9.17) is 9.47 Å². The number of carbonyl (C=O) groups is 2. The second-order valence-electron chi connectivity index (χ2n) is 7.88. The Morgan fingerprint density at radius 2 is 1.93 bits per heavy atom. The van der Waals surface area contributed by atoms with Gasteiger partial charge in [0.25, 0.3) is 5.91 Å². The Labute approximate surface area is 172 Å². The summed E-state index contributed by atoms with van der Waals surface area (Å²) >= 11 is 0. The van der Waals surface area contributed by atoms with E-state index in [-0.39, 0.29) is 17.9 Å². The van der Waals surface area contributed by atoms with Gasteiger partial charge in [0.05, 0.1) is 20.3 Å².